The van der Waals surface area contributed by atoms with Crippen LogP contribution >= 0.6 is 0 Å². The molecule has 6 heteroatoms. The van der Waals surface area contributed by atoms with Gasteiger partial charge in [0.1, 0.15) is 10.6 Å². The molecule has 0 spiro atoms. The largest absolute Gasteiger partial charge is 0.489 e. The molecule has 0 radical (unpaired) electrons. The van der Waals surface area contributed by atoms with Gasteiger partial charge in [0, 0.05) is 0 Å². The highest BCUT2D eigenvalue weighted by molar-refractivity contribution is 7.91. The van der Waals surface area contributed by atoms with Crippen LogP contribution in [-0.2, 0) is 21.1 Å². The molecule has 1 unspecified atom stereocenters. The zero-order valence-corrected chi connectivity index (χ0v) is 17.3. The zero-order valence-electron chi connectivity index (χ0n) is 16.5. The number of para-hydroxylation sites is 1. The van der Waals surface area contributed by atoms with Crippen molar-refractivity contribution in [2.75, 3.05) is 5.75 Å². The van der Waals surface area contributed by atoms with Crippen LogP contribution in [-0.4, -0.2) is 31.4 Å². The number of hydrogen-bond acceptors (Lipinski definition) is 4. The first-order chi connectivity index (χ1) is 14.0. The molecule has 2 aromatic rings. The summed E-state index contributed by atoms with van der Waals surface area (Å²) in [6.45, 7) is 0. The lowest BCUT2D eigenvalue weighted by atomic mass is 10.0. The number of aryl methyl sites for hydroxylation is 1. The van der Waals surface area contributed by atoms with Crippen LogP contribution in [0, 0.1) is 5.92 Å². The Morgan fingerprint density at radius 1 is 1.03 bits per heavy atom. The molecule has 0 aliphatic heterocycles. The lowest BCUT2D eigenvalue weighted by Gasteiger charge is -2.18. The summed E-state index contributed by atoms with van der Waals surface area (Å²) in [6.07, 6.45) is 5.71. The van der Waals surface area contributed by atoms with Gasteiger partial charge >= 0.3 is 5.97 Å². The van der Waals surface area contributed by atoms with Gasteiger partial charge < -0.3 is 9.84 Å². The molecule has 2 aromatic carbocycles. The number of sulfone groups is 1. The average Bonchev–Trinajstić information content (AvgIpc) is 3.21. The summed E-state index contributed by atoms with van der Waals surface area (Å²) in [7, 11) is -3.78. The molecule has 156 valence electrons. The number of carbonyl (C=O) groups is 1. The second-order valence-electron chi connectivity index (χ2n) is 7.67. The molecule has 5 nitrogen and oxygen atoms in total. The molecule has 1 aliphatic rings. The summed E-state index contributed by atoms with van der Waals surface area (Å²) in [5, 5.41) is 9.58. The second-order valence-corrected chi connectivity index (χ2v) is 9.67. The van der Waals surface area contributed by atoms with E-state index < -0.39 is 27.5 Å². The van der Waals surface area contributed by atoms with Gasteiger partial charge in [0.25, 0.3) is 0 Å². The number of ether oxygens (including phenoxy) is 1. The van der Waals surface area contributed by atoms with Gasteiger partial charge in [0.2, 0.25) is 0 Å². The van der Waals surface area contributed by atoms with E-state index >= 15 is 0 Å². The second kappa shape index (κ2) is 9.92. The first kappa shape index (κ1) is 21.4. The predicted molar refractivity (Wildman–Crippen MR) is 112 cm³/mol. The number of hydrogen-bond donors (Lipinski definition) is 1. The van der Waals surface area contributed by atoms with Crippen molar-refractivity contribution in [2.24, 2.45) is 5.92 Å². The lowest BCUT2D eigenvalue weighted by Crippen LogP contribution is -2.25. The molecule has 0 aromatic heterocycles. The summed E-state index contributed by atoms with van der Waals surface area (Å²) in [5.74, 6) is -2.09. The Morgan fingerprint density at radius 2 is 1.69 bits per heavy atom. The highest BCUT2D eigenvalue weighted by atomic mass is 32.2. The molecule has 0 heterocycles. The van der Waals surface area contributed by atoms with Crippen LogP contribution in [0.25, 0.3) is 0 Å². The van der Waals surface area contributed by atoms with Gasteiger partial charge in [-0.1, -0.05) is 42.5 Å². The number of carboxylic acids is 1. The summed E-state index contributed by atoms with van der Waals surface area (Å²) in [5.41, 5.74) is 1.12. The van der Waals surface area contributed by atoms with Gasteiger partial charge in [-0.25, -0.2) is 8.42 Å². The molecule has 1 atom stereocenters. The molecule has 1 saturated carbocycles. The third-order valence-electron chi connectivity index (χ3n) is 5.41. The Labute approximate surface area is 172 Å². The highest BCUT2D eigenvalue weighted by Crippen LogP contribution is 2.31. The summed E-state index contributed by atoms with van der Waals surface area (Å²) in [4.78, 5) is 11.8. The van der Waals surface area contributed by atoms with Crippen LogP contribution in [0.3, 0.4) is 0 Å². The van der Waals surface area contributed by atoms with Gasteiger partial charge in [-0.15, -0.1) is 0 Å². The Balaban J connectivity index is 1.68. The maximum Gasteiger partial charge on any atom is 0.307 e. The first-order valence-corrected chi connectivity index (χ1v) is 11.9. The van der Waals surface area contributed by atoms with E-state index in [1.165, 1.54) is 6.07 Å². The minimum absolute atomic E-state index is 0.0347. The van der Waals surface area contributed by atoms with Crippen molar-refractivity contribution in [1.82, 2.24) is 0 Å². The quantitative estimate of drug-likeness (QED) is 0.616. The Bertz CT molecular complexity index is 902. The van der Waals surface area contributed by atoms with E-state index in [9.17, 15) is 18.3 Å². The standard InChI is InChI=1S/C23H28O5S/c24-23(25)19(12-8-11-18-9-2-1-3-10-18)17-29(26,27)22-16-7-6-15-21(22)28-20-13-4-5-14-20/h1-3,6-7,9-10,15-16,19-20H,4-5,8,11-14,17H2,(H,24,25). The average molecular weight is 417 g/mol. The van der Waals surface area contributed by atoms with Crippen molar-refractivity contribution < 1.29 is 23.1 Å². The van der Waals surface area contributed by atoms with Crippen LogP contribution in [0.1, 0.15) is 44.1 Å². The fraction of sp³-hybridized carbons (Fsp3) is 0.435. The fourth-order valence-corrected chi connectivity index (χ4v) is 5.55. The molecule has 0 bridgehead atoms. The minimum Gasteiger partial charge on any atom is -0.489 e. The number of rotatable bonds is 10. The number of carboxylic acid groups (broad SMARTS) is 1. The third-order valence-corrected chi connectivity index (χ3v) is 7.26. The van der Waals surface area contributed by atoms with Gasteiger partial charge in [-0.05, 0) is 62.6 Å². The molecular weight excluding hydrogens is 388 g/mol. The maximum absolute atomic E-state index is 13.0. The first-order valence-electron chi connectivity index (χ1n) is 10.2. The van der Waals surface area contributed by atoms with E-state index in [-0.39, 0.29) is 11.0 Å². The predicted octanol–water partition coefficient (Wildman–Crippen LogP) is 4.51. The van der Waals surface area contributed by atoms with E-state index in [0.717, 1.165) is 37.7 Å². The third kappa shape index (κ3) is 6.07. The van der Waals surface area contributed by atoms with Crippen molar-refractivity contribution in [3.8, 4) is 5.75 Å². The van der Waals surface area contributed by atoms with E-state index in [4.69, 9.17) is 4.74 Å². The molecule has 3 rings (SSSR count). The van der Waals surface area contributed by atoms with E-state index in [2.05, 4.69) is 0 Å². The van der Waals surface area contributed by atoms with Crippen LogP contribution in [0.4, 0.5) is 0 Å². The Morgan fingerprint density at radius 3 is 2.38 bits per heavy atom. The van der Waals surface area contributed by atoms with Gasteiger partial charge in [-0.2, -0.15) is 0 Å². The minimum atomic E-state index is -3.78. The van der Waals surface area contributed by atoms with Gasteiger partial charge in [0.05, 0.1) is 17.8 Å². The van der Waals surface area contributed by atoms with E-state index in [1.807, 2.05) is 30.3 Å². The smallest absolute Gasteiger partial charge is 0.307 e. The van der Waals surface area contributed by atoms with Crippen LogP contribution in [0.5, 0.6) is 5.75 Å². The summed E-state index contributed by atoms with van der Waals surface area (Å²) >= 11 is 0. The SMILES string of the molecule is O=C(O)C(CCCc1ccccc1)CS(=O)(=O)c1ccccc1OC1CCCC1. The van der Waals surface area contributed by atoms with Crippen LogP contribution in [0.2, 0.25) is 0 Å². The van der Waals surface area contributed by atoms with Crippen molar-refractivity contribution in [1.29, 1.82) is 0 Å². The van der Waals surface area contributed by atoms with Gasteiger partial charge in [-0.3, -0.25) is 4.79 Å². The zero-order chi connectivity index (χ0) is 20.7. The fourth-order valence-electron chi connectivity index (χ4n) is 3.82. The topological polar surface area (TPSA) is 80.7 Å². The monoisotopic (exact) mass is 416 g/mol. The van der Waals surface area contributed by atoms with Crippen molar-refractivity contribution in [3.63, 3.8) is 0 Å². The normalized spacial score (nSPS) is 15.9. The molecule has 29 heavy (non-hydrogen) atoms. The molecule has 0 saturated heterocycles. The van der Waals surface area contributed by atoms with Crippen LogP contribution < -0.4 is 4.74 Å². The van der Waals surface area contributed by atoms with Crippen molar-refractivity contribution in [2.45, 2.75) is 55.9 Å². The molecule has 1 fully saturated rings. The Kier molecular flexibility index (Phi) is 7.31. The number of aliphatic carboxylic acids is 1. The van der Waals surface area contributed by atoms with Gasteiger partial charge in [0.15, 0.2) is 9.84 Å². The van der Waals surface area contributed by atoms with Crippen LogP contribution in [0.15, 0.2) is 59.5 Å². The van der Waals surface area contributed by atoms with Crippen molar-refractivity contribution >= 4 is 15.8 Å². The summed E-state index contributed by atoms with van der Waals surface area (Å²) in [6, 6.07) is 16.4. The molecule has 1 aliphatic carbocycles. The molecule has 1 N–H and O–H groups in total. The Hall–Kier alpha value is -2.34. The maximum atomic E-state index is 13.0. The van der Waals surface area contributed by atoms with Crippen molar-refractivity contribution in [3.05, 3.63) is 60.2 Å². The van der Waals surface area contributed by atoms with E-state index in [1.54, 1.807) is 18.2 Å². The molecule has 0 amide bonds. The molecular formula is C23H28O5S. The summed E-state index contributed by atoms with van der Waals surface area (Å²) < 4.78 is 32.0. The number of benzene rings is 2. The van der Waals surface area contributed by atoms with E-state index in [0.29, 0.717) is 18.6 Å². The highest BCUT2D eigenvalue weighted by Gasteiger charge is 2.29. The lowest BCUT2D eigenvalue weighted by molar-refractivity contribution is -0.141.